The average molecular weight is 277 g/mol. The van der Waals surface area contributed by atoms with E-state index in [1.807, 2.05) is 24.3 Å². The molecule has 112 valence electrons. The number of ether oxygens (including phenoxy) is 1. The highest BCUT2D eigenvalue weighted by Crippen LogP contribution is 2.13. The number of nitrogen functional groups attached to an aromatic ring is 1. The van der Waals surface area contributed by atoms with Crippen molar-refractivity contribution >= 4 is 5.84 Å². The van der Waals surface area contributed by atoms with Gasteiger partial charge in [0, 0.05) is 18.2 Å². The fourth-order valence-corrected chi connectivity index (χ4v) is 2.12. The van der Waals surface area contributed by atoms with Crippen molar-refractivity contribution in [2.24, 2.45) is 11.7 Å². The first-order valence-corrected chi connectivity index (χ1v) is 7.17. The molecule has 3 N–H and O–H groups in total. The van der Waals surface area contributed by atoms with E-state index in [-0.39, 0.29) is 5.84 Å². The fourth-order valence-electron chi connectivity index (χ4n) is 2.12. The van der Waals surface area contributed by atoms with Crippen molar-refractivity contribution < 1.29 is 4.74 Å². The number of nitrogens with two attached hydrogens (primary N) is 1. The van der Waals surface area contributed by atoms with Gasteiger partial charge in [-0.1, -0.05) is 13.8 Å². The SMILES string of the molecule is CC(C)CC(C)N(C)CCOc1ccc(C(=N)N)cc1. The summed E-state index contributed by atoms with van der Waals surface area (Å²) in [5.74, 6) is 1.62. The predicted octanol–water partition coefficient (Wildman–Crippen LogP) is 2.72. The molecule has 1 aromatic rings. The van der Waals surface area contributed by atoms with E-state index in [2.05, 4.69) is 32.7 Å². The third-order valence-corrected chi connectivity index (χ3v) is 3.44. The maximum atomic E-state index is 7.33. The first-order chi connectivity index (χ1) is 9.40. The second kappa shape index (κ2) is 7.90. The second-order valence-corrected chi connectivity index (χ2v) is 5.75. The van der Waals surface area contributed by atoms with Crippen LogP contribution in [0.5, 0.6) is 5.75 Å². The van der Waals surface area contributed by atoms with Gasteiger partial charge >= 0.3 is 0 Å². The highest BCUT2D eigenvalue weighted by Gasteiger charge is 2.10. The maximum Gasteiger partial charge on any atom is 0.122 e. The summed E-state index contributed by atoms with van der Waals surface area (Å²) in [6.45, 7) is 8.32. The summed E-state index contributed by atoms with van der Waals surface area (Å²) in [5.41, 5.74) is 6.13. The quantitative estimate of drug-likeness (QED) is 0.567. The minimum absolute atomic E-state index is 0.0822. The van der Waals surface area contributed by atoms with Crippen LogP contribution < -0.4 is 10.5 Å². The van der Waals surface area contributed by atoms with Crippen LogP contribution in [0.15, 0.2) is 24.3 Å². The third-order valence-electron chi connectivity index (χ3n) is 3.44. The van der Waals surface area contributed by atoms with E-state index in [1.165, 1.54) is 6.42 Å². The molecule has 0 bridgehead atoms. The minimum Gasteiger partial charge on any atom is -0.492 e. The molecular weight excluding hydrogens is 250 g/mol. The predicted molar refractivity (Wildman–Crippen MR) is 84.5 cm³/mol. The highest BCUT2D eigenvalue weighted by atomic mass is 16.5. The van der Waals surface area contributed by atoms with Gasteiger partial charge in [0.05, 0.1) is 0 Å². The van der Waals surface area contributed by atoms with Gasteiger partial charge in [0.2, 0.25) is 0 Å². The molecule has 4 nitrogen and oxygen atoms in total. The molecule has 0 amide bonds. The second-order valence-electron chi connectivity index (χ2n) is 5.75. The molecule has 0 heterocycles. The molecule has 1 atom stereocenters. The molecule has 20 heavy (non-hydrogen) atoms. The Balaban J connectivity index is 2.35. The molecule has 0 aliphatic rings. The molecule has 0 aliphatic carbocycles. The van der Waals surface area contributed by atoms with E-state index in [1.54, 1.807) is 0 Å². The molecule has 1 rings (SSSR count). The van der Waals surface area contributed by atoms with Crippen LogP contribution >= 0.6 is 0 Å². The summed E-state index contributed by atoms with van der Waals surface area (Å²) >= 11 is 0. The molecule has 0 fully saturated rings. The Kier molecular flexibility index (Phi) is 6.52. The maximum absolute atomic E-state index is 7.33. The summed E-state index contributed by atoms with van der Waals surface area (Å²) in [4.78, 5) is 2.32. The van der Waals surface area contributed by atoms with Crippen LogP contribution in [0.25, 0.3) is 0 Å². The Labute approximate surface area is 122 Å². The van der Waals surface area contributed by atoms with Gasteiger partial charge in [-0.15, -0.1) is 0 Å². The Hall–Kier alpha value is -1.55. The van der Waals surface area contributed by atoms with E-state index in [0.29, 0.717) is 18.6 Å². The Morgan fingerprint density at radius 1 is 1.25 bits per heavy atom. The molecular formula is C16H27N3O. The van der Waals surface area contributed by atoms with Gasteiger partial charge in [0.15, 0.2) is 0 Å². The van der Waals surface area contributed by atoms with Crippen LogP contribution in [-0.2, 0) is 0 Å². The van der Waals surface area contributed by atoms with Crippen LogP contribution in [-0.4, -0.2) is 37.0 Å². The number of hydrogen-bond donors (Lipinski definition) is 2. The van der Waals surface area contributed by atoms with E-state index < -0.39 is 0 Å². The van der Waals surface area contributed by atoms with Crippen LogP contribution in [0.1, 0.15) is 32.8 Å². The van der Waals surface area contributed by atoms with Crippen molar-refractivity contribution in [1.29, 1.82) is 5.41 Å². The molecule has 0 saturated carbocycles. The van der Waals surface area contributed by atoms with Gasteiger partial charge in [-0.25, -0.2) is 0 Å². The number of likely N-dealkylation sites (N-methyl/N-ethyl adjacent to an activating group) is 1. The molecule has 0 radical (unpaired) electrons. The van der Waals surface area contributed by atoms with Gasteiger partial charge in [-0.3, -0.25) is 5.41 Å². The van der Waals surface area contributed by atoms with Gasteiger partial charge in [0.25, 0.3) is 0 Å². The molecule has 0 aromatic heterocycles. The zero-order valence-corrected chi connectivity index (χ0v) is 13.0. The number of benzene rings is 1. The number of nitrogens with one attached hydrogen (secondary N) is 1. The lowest BCUT2D eigenvalue weighted by Gasteiger charge is -2.26. The molecule has 0 spiro atoms. The number of hydrogen-bond acceptors (Lipinski definition) is 3. The molecule has 0 aliphatic heterocycles. The van der Waals surface area contributed by atoms with Crippen molar-refractivity contribution in [3.63, 3.8) is 0 Å². The monoisotopic (exact) mass is 277 g/mol. The average Bonchev–Trinajstić information content (AvgIpc) is 2.38. The third kappa shape index (κ3) is 5.61. The van der Waals surface area contributed by atoms with E-state index in [0.717, 1.165) is 17.9 Å². The van der Waals surface area contributed by atoms with Gasteiger partial charge in [-0.2, -0.15) is 0 Å². The van der Waals surface area contributed by atoms with Crippen LogP contribution in [0, 0.1) is 11.3 Å². The van der Waals surface area contributed by atoms with Gasteiger partial charge in [-0.05, 0) is 50.6 Å². The minimum atomic E-state index is 0.0822. The lowest BCUT2D eigenvalue weighted by molar-refractivity contribution is 0.184. The molecule has 0 saturated heterocycles. The van der Waals surface area contributed by atoms with Gasteiger partial charge in [0.1, 0.15) is 18.2 Å². The summed E-state index contributed by atoms with van der Waals surface area (Å²) in [6.07, 6.45) is 1.20. The summed E-state index contributed by atoms with van der Waals surface area (Å²) in [6, 6.07) is 7.90. The van der Waals surface area contributed by atoms with Crippen molar-refractivity contribution in [2.75, 3.05) is 20.2 Å². The first kappa shape index (κ1) is 16.5. The smallest absolute Gasteiger partial charge is 0.122 e. The lowest BCUT2D eigenvalue weighted by Crippen LogP contribution is -2.33. The van der Waals surface area contributed by atoms with Crippen LogP contribution in [0.3, 0.4) is 0 Å². The zero-order chi connectivity index (χ0) is 15.1. The topological polar surface area (TPSA) is 62.3 Å². The largest absolute Gasteiger partial charge is 0.492 e. The van der Waals surface area contributed by atoms with E-state index in [9.17, 15) is 0 Å². The molecule has 1 aromatic carbocycles. The van der Waals surface area contributed by atoms with Crippen molar-refractivity contribution in [1.82, 2.24) is 4.90 Å². The van der Waals surface area contributed by atoms with Crippen molar-refractivity contribution in [3.8, 4) is 5.75 Å². The van der Waals surface area contributed by atoms with Crippen molar-refractivity contribution in [3.05, 3.63) is 29.8 Å². The van der Waals surface area contributed by atoms with Crippen LogP contribution in [0.4, 0.5) is 0 Å². The highest BCUT2D eigenvalue weighted by molar-refractivity contribution is 5.94. The first-order valence-electron chi connectivity index (χ1n) is 7.17. The van der Waals surface area contributed by atoms with E-state index >= 15 is 0 Å². The number of rotatable bonds is 8. The normalized spacial score (nSPS) is 12.7. The van der Waals surface area contributed by atoms with Crippen molar-refractivity contribution in [2.45, 2.75) is 33.2 Å². The molecule has 4 heteroatoms. The summed E-state index contributed by atoms with van der Waals surface area (Å²) in [7, 11) is 2.13. The fraction of sp³-hybridized carbons (Fsp3) is 0.562. The zero-order valence-electron chi connectivity index (χ0n) is 13.0. The lowest BCUT2D eigenvalue weighted by atomic mass is 10.0. The number of nitrogens with zero attached hydrogens (tertiary/aromatic N) is 1. The number of amidine groups is 1. The van der Waals surface area contributed by atoms with Gasteiger partial charge < -0.3 is 15.4 Å². The Morgan fingerprint density at radius 2 is 1.85 bits per heavy atom. The molecule has 1 unspecified atom stereocenters. The standard InChI is InChI=1S/C16H27N3O/c1-12(2)11-13(3)19(4)9-10-20-15-7-5-14(6-8-15)16(17)18/h5-8,12-13H,9-11H2,1-4H3,(H3,17,18). The summed E-state index contributed by atoms with van der Waals surface area (Å²) in [5, 5.41) is 7.33. The van der Waals surface area contributed by atoms with Crippen LogP contribution in [0.2, 0.25) is 0 Å². The Morgan fingerprint density at radius 3 is 2.35 bits per heavy atom. The summed E-state index contributed by atoms with van der Waals surface area (Å²) < 4.78 is 5.71. The Bertz CT molecular complexity index is 414. The van der Waals surface area contributed by atoms with E-state index in [4.69, 9.17) is 15.9 Å².